The number of carbonyl (C=O) groups is 2. The molecule has 0 unspecified atom stereocenters. The highest BCUT2D eigenvalue weighted by Crippen LogP contribution is 2.38. The van der Waals surface area contributed by atoms with Crippen LogP contribution in [0.3, 0.4) is 0 Å². The zero-order chi connectivity index (χ0) is 21.4. The number of phenols is 1. The van der Waals surface area contributed by atoms with Crippen LogP contribution in [0.25, 0.3) is 11.3 Å². The van der Waals surface area contributed by atoms with Gasteiger partial charge in [0, 0.05) is 35.3 Å². The first-order valence-electron chi connectivity index (χ1n) is 10.5. The van der Waals surface area contributed by atoms with Gasteiger partial charge in [-0.1, -0.05) is 18.0 Å². The Morgan fingerprint density at radius 2 is 1.90 bits per heavy atom. The second kappa shape index (κ2) is 7.90. The minimum atomic E-state index is -0.464. The summed E-state index contributed by atoms with van der Waals surface area (Å²) in [7, 11) is 0. The SMILES string of the molecule is O=C(Nc1ccc(-c2cc(C3CCCC3)n(C(=O)NC3CC3)n2)c(O)c1)c1ccno1. The van der Waals surface area contributed by atoms with E-state index in [4.69, 9.17) is 4.52 Å². The molecular formula is C22H23N5O4. The summed E-state index contributed by atoms with van der Waals surface area (Å²) in [6, 6.07) is 8.15. The van der Waals surface area contributed by atoms with Gasteiger partial charge in [-0.3, -0.25) is 4.79 Å². The van der Waals surface area contributed by atoms with Crippen molar-refractivity contribution in [2.75, 3.05) is 5.32 Å². The van der Waals surface area contributed by atoms with Crippen molar-refractivity contribution in [2.24, 2.45) is 0 Å². The molecule has 0 saturated heterocycles. The molecule has 31 heavy (non-hydrogen) atoms. The van der Waals surface area contributed by atoms with E-state index < -0.39 is 5.91 Å². The predicted molar refractivity (Wildman–Crippen MR) is 112 cm³/mol. The van der Waals surface area contributed by atoms with E-state index in [1.807, 2.05) is 6.07 Å². The van der Waals surface area contributed by atoms with Crippen LogP contribution in [0.4, 0.5) is 10.5 Å². The predicted octanol–water partition coefficient (Wildman–Crippen LogP) is 3.87. The normalized spacial score (nSPS) is 16.4. The van der Waals surface area contributed by atoms with Gasteiger partial charge in [0.1, 0.15) is 5.75 Å². The van der Waals surface area contributed by atoms with Gasteiger partial charge >= 0.3 is 6.03 Å². The van der Waals surface area contributed by atoms with Crippen LogP contribution in [0.15, 0.2) is 41.1 Å². The zero-order valence-electron chi connectivity index (χ0n) is 16.9. The first kappa shape index (κ1) is 19.3. The summed E-state index contributed by atoms with van der Waals surface area (Å²) < 4.78 is 6.30. The van der Waals surface area contributed by atoms with Crippen LogP contribution in [-0.4, -0.2) is 38.0 Å². The Morgan fingerprint density at radius 3 is 2.58 bits per heavy atom. The Kier molecular flexibility index (Phi) is 4.93. The minimum absolute atomic E-state index is 0.0411. The number of amides is 2. The number of rotatable bonds is 5. The lowest BCUT2D eigenvalue weighted by Gasteiger charge is -2.11. The standard InChI is InChI=1S/C22H23N5O4/c28-19-11-15(24-21(29)20-9-10-23-31-20)7-8-16(19)17-12-18(13-3-1-2-4-13)27(26-17)22(30)25-14-5-6-14/h7-14,28H,1-6H2,(H,24,29)(H,25,30). The maximum atomic E-state index is 12.8. The van der Waals surface area contributed by atoms with Gasteiger partial charge in [0.2, 0.25) is 5.76 Å². The van der Waals surface area contributed by atoms with Crippen LogP contribution in [0.2, 0.25) is 0 Å². The van der Waals surface area contributed by atoms with Crippen LogP contribution >= 0.6 is 0 Å². The average Bonchev–Trinajstić information content (AvgIpc) is 3.22. The number of hydrogen-bond donors (Lipinski definition) is 3. The van der Waals surface area contributed by atoms with Gasteiger partial charge in [-0.25, -0.2) is 4.79 Å². The lowest BCUT2D eigenvalue weighted by Crippen LogP contribution is -2.32. The maximum absolute atomic E-state index is 12.8. The van der Waals surface area contributed by atoms with Gasteiger partial charge in [0.05, 0.1) is 17.6 Å². The number of aromatic nitrogens is 3. The van der Waals surface area contributed by atoms with Crippen LogP contribution in [-0.2, 0) is 0 Å². The molecule has 3 aromatic rings. The van der Waals surface area contributed by atoms with E-state index in [9.17, 15) is 14.7 Å². The molecule has 0 bridgehead atoms. The summed E-state index contributed by atoms with van der Waals surface area (Å²) in [5.41, 5.74) is 2.31. The summed E-state index contributed by atoms with van der Waals surface area (Å²) >= 11 is 0. The van der Waals surface area contributed by atoms with Crippen molar-refractivity contribution in [1.29, 1.82) is 0 Å². The second-order valence-corrected chi connectivity index (χ2v) is 8.13. The third-order valence-electron chi connectivity index (χ3n) is 5.80. The summed E-state index contributed by atoms with van der Waals surface area (Å²) in [4.78, 5) is 24.9. The summed E-state index contributed by atoms with van der Waals surface area (Å²) in [6.45, 7) is 0. The van der Waals surface area contributed by atoms with Crippen molar-refractivity contribution in [3.8, 4) is 17.0 Å². The van der Waals surface area contributed by atoms with Crippen molar-refractivity contribution in [1.82, 2.24) is 20.3 Å². The van der Waals surface area contributed by atoms with Gasteiger partial charge in [-0.15, -0.1) is 0 Å². The number of phenolic OH excluding ortho intramolecular Hbond substituents is 1. The van der Waals surface area contributed by atoms with E-state index in [-0.39, 0.29) is 29.5 Å². The fourth-order valence-corrected chi connectivity index (χ4v) is 4.02. The molecule has 9 heteroatoms. The largest absolute Gasteiger partial charge is 0.507 e. The Bertz CT molecular complexity index is 1110. The summed E-state index contributed by atoms with van der Waals surface area (Å²) in [5.74, 6) is -0.145. The lowest BCUT2D eigenvalue weighted by atomic mass is 10.0. The highest BCUT2D eigenvalue weighted by atomic mass is 16.5. The fraction of sp³-hybridized carbons (Fsp3) is 0.364. The van der Waals surface area contributed by atoms with Gasteiger partial charge in [-0.05, 0) is 43.9 Å². The molecule has 2 fully saturated rings. The Hall–Kier alpha value is -3.62. The average molecular weight is 421 g/mol. The van der Waals surface area contributed by atoms with Gasteiger partial charge < -0.3 is 20.3 Å². The molecule has 2 aromatic heterocycles. The number of aromatic hydroxyl groups is 1. The molecule has 1 aromatic carbocycles. The molecule has 3 N–H and O–H groups in total. The van der Waals surface area contributed by atoms with Gasteiger partial charge in [-0.2, -0.15) is 9.78 Å². The highest BCUT2D eigenvalue weighted by Gasteiger charge is 2.29. The molecule has 2 aliphatic carbocycles. The van der Waals surface area contributed by atoms with Crippen molar-refractivity contribution in [3.05, 3.63) is 48.0 Å². The van der Waals surface area contributed by atoms with Crippen molar-refractivity contribution in [2.45, 2.75) is 50.5 Å². The van der Waals surface area contributed by atoms with Crippen molar-refractivity contribution < 1.29 is 19.2 Å². The highest BCUT2D eigenvalue weighted by molar-refractivity contribution is 6.02. The van der Waals surface area contributed by atoms with E-state index in [0.29, 0.717) is 16.9 Å². The quantitative estimate of drug-likeness (QED) is 0.575. The molecule has 0 radical (unpaired) electrons. The van der Waals surface area contributed by atoms with E-state index in [0.717, 1.165) is 44.2 Å². The molecule has 2 saturated carbocycles. The molecule has 2 heterocycles. The fourth-order valence-electron chi connectivity index (χ4n) is 4.02. The number of carbonyl (C=O) groups excluding carboxylic acids is 2. The molecule has 0 spiro atoms. The minimum Gasteiger partial charge on any atom is -0.507 e. The number of nitrogens with one attached hydrogen (secondary N) is 2. The topological polar surface area (TPSA) is 122 Å². The van der Waals surface area contributed by atoms with E-state index in [2.05, 4.69) is 20.9 Å². The monoisotopic (exact) mass is 421 g/mol. The third-order valence-corrected chi connectivity index (χ3v) is 5.80. The van der Waals surface area contributed by atoms with E-state index >= 15 is 0 Å². The molecule has 2 amide bonds. The molecular weight excluding hydrogens is 398 g/mol. The Labute approximate surface area is 178 Å². The van der Waals surface area contributed by atoms with Crippen molar-refractivity contribution in [3.63, 3.8) is 0 Å². The number of anilines is 1. The second-order valence-electron chi connectivity index (χ2n) is 8.13. The molecule has 0 aliphatic heterocycles. The van der Waals surface area contributed by atoms with Gasteiger partial charge in [0.25, 0.3) is 5.91 Å². The van der Waals surface area contributed by atoms with Crippen LogP contribution in [0, 0.1) is 0 Å². The third kappa shape index (κ3) is 4.03. The number of hydrogen-bond acceptors (Lipinski definition) is 6. The van der Waals surface area contributed by atoms with Gasteiger partial charge in [0.15, 0.2) is 0 Å². The van der Waals surface area contributed by atoms with Crippen LogP contribution in [0.5, 0.6) is 5.75 Å². The molecule has 2 aliphatic rings. The number of nitrogens with zero attached hydrogens (tertiary/aromatic N) is 3. The molecule has 0 atom stereocenters. The zero-order valence-corrected chi connectivity index (χ0v) is 16.9. The maximum Gasteiger partial charge on any atom is 0.342 e. The number of benzene rings is 1. The Morgan fingerprint density at radius 1 is 1.10 bits per heavy atom. The Balaban J connectivity index is 1.42. The first-order valence-corrected chi connectivity index (χ1v) is 10.5. The molecule has 9 nitrogen and oxygen atoms in total. The van der Waals surface area contributed by atoms with Crippen LogP contribution < -0.4 is 10.6 Å². The molecule has 5 rings (SSSR count). The van der Waals surface area contributed by atoms with Crippen molar-refractivity contribution >= 4 is 17.6 Å². The smallest absolute Gasteiger partial charge is 0.342 e. The lowest BCUT2D eigenvalue weighted by molar-refractivity contribution is 0.0988. The van der Waals surface area contributed by atoms with E-state index in [1.165, 1.54) is 23.0 Å². The molecule has 160 valence electrons. The first-order chi connectivity index (χ1) is 15.1. The van der Waals surface area contributed by atoms with E-state index in [1.54, 1.807) is 12.1 Å². The van der Waals surface area contributed by atoms with Crippen LogP contribution in [0.1, 0.15) is 60.7 Å². The summed E-state index contributed by atoms with van der Waals surface area (Å²) in [5, 5.41) is 24.3. The summed E-state index contributed by atoms with van der Waals surface area (Å²) in [6.07, 6.45) is 7.72.